The van der Waals surface area contributed by atoms with Crippen LogP contribution in [0.15, 0.2) is 18.3 Å². The van der Waals surface area contributed by atoms with Gasteiger partial charge in [-0.05, 0) is 12.1 Å². The second kappa shape index (κ2) is 4.19. The standard InChI is InChI=1S/C9H4Cl2F3N3/c10-5-2-1-4(6-3-15-17-16-6)8(11)7(5)9(12,13)14/h1-3H,(H,15,16,17). The van der Waals surface area contributed by atoms with Gasteiger partial charge in [0.25, 0.3) is 0 Å². The molecule has 0 amide bonds. The van der Waals surface area contributed by atoms with E-state index in [2.05, 4.69) is 15.4 Å². The van der Waals surface area contributed by atoms with Crippen molar-refractivity contribution >= 4 is 23.2 Å². The first-order valence-electron chi connectivity index (χ1n) is 4.33. The Morgan fingerprint density at radius 2 is 1.88 bits per heavy atom. The zero-order valence-corrected chi connectivity index (χ0v) is 9.53. The van der Waals surface area contributed by atoms with Gasteiger partial charge in [-0.1, -0.05) is 28.4 Å². The zero-order chi connectivity index (χ0) is 12.6. The van der Waals surface area contributed by atoms with Crippen molar-refractivity contribution in [3.8, 4) is 11.3 Å². The zero-order valence-electron chi connectivity index (χ0n) is 8.02. The number of aromatic nitrogens is 3. The molecule has 90 valence electrons. The molecule has 3 nitrogen and oxygen atoms in total. The minimum atomic E-state index is -4.62. The maximum atomic E-state index is 12.7. The average Bonchev–Trinajstić information content (AvgIpc) is 2.68. The Kier molecular flexibility index (Phi) is 3.01. The molecule has 17 heavy (non-hydrogen) atoms. The van der Waals surface area contributed by atoms with Gasteiger partial charge in [-0.3, -0.25) is 5.10 Å². The van der Waals surface area contributed by atoms with E-state index < -0.39 is 21.8 Å². The fourth-order valence-electron chi connectivity index (χ4n) is 1.34. The Bertz CT molecular complexity index is 537. The lowest BCUT2D eigenvalue weighted by Gasteiger charge is -2.12. The Hall–Kier alpha value is -1.27. The smallest absolute Gasteiger partial charge is 0.265 e. The first-order chi connectivity index (χ1) is 7.91. The monoisotopic (exact) mass is 281 g/mol. The van der Waals surface area contributed by atoms with Gasteiger partial charge in [-0.2, -0.15) is 13.2 Å². The van der Waals surface area contributed by atoms with Crippen LogP contribution in [0.5, 0.6) is 0 Å². The third-order valence-corrected chi connectivity index (χ3v) is 2.77. The van der Waals surface area contributed by atoms with E-state index in [1.807, 2.05) is 0 Å². The molecule has 0 saturated heterocycles. The lowest BCUT2D eigenvalue weighted by atomic mass is 10.1. The molecular weight excluding hydrogens is 278 g/mol. The summed E-state index contributed by atoms with van der Waals surface area (Å²) in [5, 5.41) is 8.46. The average molecular weight is 282 g/mol. The Morgan fingerprint density at radius 1 is 1.18 bits per heavy atom. The number of alkyl halides is 3. The predicted molar refractivity (Wildman–Crippen MR) is 56.8 cm³/mol. The van der Waals surface area contributed by atoms with Gasteiger partial charge in [0.2, 0.25) is 0 Å². The largest absolute Gasteiger partial charge is 0.419 e. The molecule has 0 atom stereocenters. The highest BCUT2D eigenvalue weighted by Gasteiger charge is 2.37. The molecule has 1 aromatic heterocycles. The summed E-state index contributed by atoms with van der Waals surface area (Å²) >= 11 is 11.2. The Morgan fingerprint density at radius 3 is 2.41 bits per heavy atom. The molecule has 0 aliphatic carbocycles. The van der Waals surface area contributed by atoms with Crippen molar-refractivity contribution in [3.63, 3.8) is 0 Å². The van der Waals surface area contributed by atoms with Crippen LogP contribution >= 0.6 is 23.2 Å². The summed E-state index contributed by atoms with van der Waals surface area (Å²) in [4.78, 5) is 0. The van der Waals surface area contributed by atoms with E-state index in [9.17, 15) is 13.2 Å². The van der Waals surface area contributed by atoms with E-state index in [-0.39, 0.29) is 11.3 Å². The molecule has 0 saturated carbocycles. The third kappa shape index (κ3) is 2.23. The molecule has 0 aliphatic rings. The third-order valence-electron chi connectivity index (χ3n) is 2.07. The van der Waals surface area contributed by atoms with Crippen molar-refractivity contribution < 1.29 is 13.2 Å². The molecule has 0 fully saturated rings. The lowest BCUT2D eigenvalue weighted by Crippen LogP contribution is -2.07. The summed E-state index contributed by atoms with van der Waals surface area (Å²) in [7, 11) is 0. The van der Waals surface area contributed by atoms with E-state index in [1.165, 1.54) is 12.3 Å². The maximum Gasteiger partial charge on any atom is 0.419 e. The number of rotatable bonds is 1. The summed E-state index contributed by atoms with van der Waals surface area (Å²) in [5.41, 5.74) is -0.726. The van der Waals surface area contributed by atoms with E-state index in [4.69, 9.17) is 23.2 Å². The van der Waals surface area contributed by atoms with Crippen LogP contribution in [0.25, 0.3) is 11.3 Å². The fourth-order valence-corrected chi connectivity index (χ4v) is 2.03. The van der Waals surface area contributed by atoms with Gasteiger partial charge in [0.15, 0.2) is 0 Å². The molecular formula is C9H4Cl2F3N3. The van der Waals surface area contributed by atoms with Crippen molar-refractivity contribution in [2.75, 3.05) is 0 Å². The second-order valence-electron chi connectivity index (χ2n) is 3.14. The number of hydrogen-bond acceptors (Lipinski definition) is 2. The quantitative estimate of drug-likeness (QED) is 0.864. The number of hydrogen-bond donors (Lipinski definition) is 1. The lowest BCUT2D eigenvalue weighted by molar-refractivity contribution is -0.137. The van der Waals surface area contributed by atoms with Gasteiger partial charge in [0.05, 0.1) is 21.8 Å². The molecule has 2 rings (SSSR count). The molecule has 2 aromatic rings. The highest BCUT2D eigenvalue weighted by molar-refractivity contribution is 6.37. The first-order valence-corrected chi connectivity index (χ1v) is 5.09. The molecule has 0 aliphatic heterocycles. The highest BCUT2D eigenvalue weighted by atomic mass is 35.5. The summed E-state index contributed by atoms with van der Waals surface area (Å²) in [6.45, 7) is 0. The van der Waals surface area contributed by atoms with Gasteiger partial charge < -0.3 is 0 Å². The van der Waals surface area contributed by atoms with Crippen LogP contribution in [-0.4, -0.2) is 15.4 Å². The van der Waals surface area contributed by atoms with E-state index in [0.29, 0.717) is 0 Å². The number of aromatic amines is 1. The molecule has 0 bridgehead atoms. The Balaban J connectivity index is 2.66. The summed E-state index contributed by atoms with van der Waals surface area (Å²) < 4.78 is 38.2. The molecule has 1 heterocycles. The normalized spacial score (nSPS) is 11.8. The fraction of sp³-hybridized carbons (Fsp3) is 0.111. The molecule has 0 unspecified atom stereocenters. The highest BCUT2D eigenvalue weighted by Crippen LogP contribution is 2.43. The Labute approximate surface area is 104 Å². The summed E-state index contributed by atoms with van der Waals surface area (Å²) in [5.74, 6) is 0. The van der Waals surface area contributed by atoms with Crippen LogP contribution in [0.4, 0.5) is 13.2 Å². The number of H-pyrrole nitrogens is 1. The van der Waals surface area contributed by atoms with Crippen molar-refractivity contribution in [1.29, 1.82) is 0 Å². The van der Waals surface area contributed by atoms with Crippen LogP contribution in [0, 0.1) is 0 Å². The number of halogens is 5. The van der Waals surface area contributed by atoms with Gasteiger partial charge >= 0.3 is 6.18 Å². The molecule has 1 N–H and O–H groups in total. The second-order valence-corrected chi connectivity index (χ2v) is 3.93. The van der Waals surface area contributed by atoms with Crippen molar-refractivity contribution in [1.82, 2.24) is 15.4 Å². The maximum absolute atomic E-state index is 12.7. The van der Waals surface area contributed by atoms with Gasteiger partial charge in [0.1, 0.15) is 5.69 Å². The SMILES string of the molecule is FC(F)(F)c1c(Cl)ccc(-c2c[nH]nn2)c1Cl. The van der Waals surface area contributed by atoms with Crippen LogP contribution in [0.1, 0.15) is 5.56 Å². The van der Waals surface area contributed by atoms with Crippen LogP contribution in [0.3, 0.4) is 0 Å². The minimum Gasteiger partial charge on any atom is -0.265 e. The van der Waals surface area contributed by atoms with E-state index in [1.54, 1.807) is 0 Å². The van der Waals surface area contributed by atoms with Gasteiger partial charge in [-0.25, -0.2) is 0 Å². The number of benzene rings is 1. The van der Waals surface area contributed by atoms with E-state index >= 15 is 0 Å². The minimum absolute atomic E-state index is 0.122. The first kappa shape index (κ1) is 12.2. The number of nitrogens with one attached hydrogen (secondary N) is 1. The molecule has 0 spiro atoms. The van der Waals surface area contributed by atoms with Gasteiger partial charge in [-0.15, -0.1) is 5.10 Å². The van der Waals surface area contributed by atoms with Crippen molar-refractivity contribution in [2.24, 2.45) is 0 Å². The molecule has 0 radical (unpaired) electrons. The van der Waals surface area contributed by atoms with Crippen LogP contribution < -0.4 is 0 Å². The summed E-state index contributed by atoms with van der Waals surface area (Å²) in [6.07, 6.45) is -3.27. The van der Waals surface area contributed by atoms with Crippen LogP contribution in [-0.2, 0) is 6.18 Å². The van der Waals surface area contributed by atoms with Crippen LogP contribution in [0.2, 0.25) is 10.0 Å². The van der Waals surface area contributed by atoms with Crippen molar-refractivity contribution in [3.05, 3.63) is 33.9 Å². The molecule has 8 heteroatoms. The van der Waals surface area contributed by atoms with E-state index in [0.717, 1.165) is 6.07 Å². The molecule has 1 aromatic carbocycles. The summed E-state index contributed by atoms with van der Waals surface area (Å²) in [6, 6.07) is 2.48. The number of nitrogens with zero attached hydrogens (tertiary/aromatic N) is 2. The van der Waals surface area contributed by atoms with Crippen molar-refractivity contribution in [2.45, 2.75) is 6.18 Å². The predicted octanol–water partition coefficient (Wildman–Crippen LogP) is 3.80. The van der Waals surface area contributed by atoms with Gasteiger partial charge in [0, 0.05) is 5.56 Å². The topological polar surface area (TPSA) is 41.6 Å².